The topological polar surface area (TPSA) is 47.3 Å². The molecule has 1 aromatic rings. The Kier molecular flexibility index (Phi) is 3.96. The van der Waals surface area contributed by atoms with Crippen LogP contribution in [0.2, 0.25) is 0 Å². The van der Waals surface area contributed by atoms with E-state index in [-0.39, 0.29) is 6.04 Å². The number of nitrogens with zero attached hydrogens (tertiary/aromatic N) is 1. The molecule has 0 aliphatic carbocycles. The lowest BCUT2D eigenvalue weighted by atomic mass is 9.98. The Hall–Kier alpha value is -0.870. The van der Waals surface area contributed by atoms with Crippen LogP contribution in [0.4, 0.5) is 0 Å². The SMILES string of the molecule is CCNC(C)c1ncc(C2CCOCC2)o1. The van der Waals surface area contributed by atoms with Gasteiger partial charge >= 0.3 is 0 Å². The molecular weight excluding hydrogens is 204 g/mol. The molecule has 1 aliphatic heterocycles. The number of rotatable bonds is 4. The Balaban J connectivity index is 2.00. The molecule has 0 saturated carbocycles. The minimum absolute atomic E-state index is 0.193. The van der Waals surface area contributed by atoms with Gasteiger partial charge in [0.25, 0.3) is 0 Å². The summed E-state index contributed by atoms with van der Waals surface area (Å²) in [4.78, 5) is 4.34. The van der Waals surface area contributed by atoms with E-state index in [1.165, 1.54) is 0 Å². The Morgan fingerprint density at radius 1 is 1.50 bits per heavy atom. The number of ether oxygens (including phenoxy) is 1. The van der Waals surface area contributed by atoms with Gasteiger partial charge in [0.15, 0.2) is 0 Å². The van der Waals surface area contributed by atoms with Crippen LogP contribution in [-0.2, 0) is 4.74 Å². The van der Waals surface area contributed by atoms with Crippen molar-refractivity contribution in [3.63, 3.8) is 0 Å². The Labute approximate surface area is 96.4 Å². The van der Waals surface area contributed by atoms with Gasteiger partial charge in [0.1, 0.15) is 5.76 Å². The zero-order valence-corrected chi connectivity index (χ0v) is 10.0. The fourth-order valence-corrected chi connectivity index (χ4v) is 2.07. The van der Waals surface area contributed by atoms with Crippen molar-refractivity contribution in [1.29, 1.82) is 0 Å². The largest absolute Gasteiger partial charge is 0.444 e. The molecule has 0 spiro atoms. The number of aromatic nitrogens is 1. The van der Waals surface area contributed by atoms with Crippen molar-refractivity contribution in [3.8, 4) is 0 Å². The third-order valence-corrected chi connectivity index (χ3v) is 3.05. The Bertz CT molecular complexity index is 319. The highest BCUT2D eigenvalue weighted by molar-refractivity contribution is 5.04. The van der Waals surface area contributed by atoms with Gasteiger partial charge in [0.2, 0.25) is 5.89 Å². The maximum Gasteiger partial charge on any atom is 0.211 e. The first-order valence-corrected chi connectivity index (χ1v) is 6.08. The molecule has 2 heterocycles. The molecule has 90 valence electrons. The molecule has 1 unspecified atom stereocenters. The van der Waals surface area contributed by atoms with Crippen LogP contribution in [0.15, 0.2) is 10.6 Å². The third-order valence-electron chi connectivity index (χ3n) is 3.05. The maximum atomic E-state index is 5.81. The summed E-state index contributed by atoms with van der Waals surface area (Å²) in [5.74, 6) is 2.30. The van der Waals surface area contributed by atoms with Gasteiger partial charge in [0.05, 0.1) is 12.2 Å². The second-order valence-electron chi connectivity index (χ2n) is 4.27. The molecule has 0 bridgehead atoms. The number of nitrogens with one attached hydrogen (secondary N) is 1. The maximum absolute atomic E-state index is 5.81. The van der Waals surface area contributed by atoms with Gasteiger partial charge in [0, 0.05) is 19.1 Å². The molecule has 1 aliphatic rings. The van der Waals surface area contributed by atoms with Gasteiger partial charge < -0.3 is 14.5 Å². The fourth-order valence-electron chi connectivity index (χ4n) is 2.07. The zero-order valence-electron chi connectivity index (χ0n) is 10.0. The van der Waals surface area contributed by atoms with Crippen molar-refractivity contribution in [2.24, 2.45) is 0 Å². The van der Waals surface area contributed by atoms with Crippen molar-refractivity contribution < 1.29 is 9.15 Å². The summed E-state index contributed by atoms with van der Waals surface area (Å²) in [5.41, 5.74) is 0. The first kappa shape index (κ1) is 11.6. The van der Waals surface area contributed by atoms with Gasteiger partial charge in [-0.25, -0.2) is 4.98 Å². The van der Waals surface area contributed by atoms with E-state index >= 15 is 0 Å². The molecule has 1 atom stereocenters. The average molecular weight is 224 g/mol. The summed E-state index contributed by atoms with van der Waals surface area (Å²) < 4.78 is 11.1. The molecule has 4 nitrogen and oxygen atoms in total. The molecule has 1 fully saturated rings. The third kappa shape index (κ3) is 2.62. The lowest BCUT2D eigenvalue weighted by molar-refractivity contribution is 0.0802. The summed E-state index contributed by atoms with van der Waals surface area (Å²) >= 11 is 0. The van der Waals surface area contributed by atoms with E-state index in [1.807, 2.05) is 6.20 Å². The van der Waals surface area contributed by atoms with Crippen LogP contribution >= 0.6 is 0 Å². The first-order chi connectivity index (χ1) is 7.81. The van der Waals surface area contributed by atoms with Crippen LogP contribution in [0.25, 0.3) is 0 Å². The smallest absolute Gasteiger partial charge is 0.211 e. The number of hydrogen-bond acceptors (Lipinski definition) is 4. The molecule has 1 aromatic heterocycles. The predicted molar refractivity (Wildman–Crippen MR) is 61.4 cm³/mol. The molecule has 4 heteroatoms. The van der Waals surface area contributed by atoms with Gasteiger partial charge in [-0.05, 0) is 26.3 Å². The van der Waals surface area contributed by atoms with E-state index in [0.717, 1.165) is 44.3 Å². The summed E-state index contributed by atoms with van der Waals surface area (Å²) in [6.07, 6.45) is 3.97. The molecule has 2 rings (SSSR count). The number of oxazole rings is 1. The van der Waals surface area contributed by atoms with E-state index in [4.69, 9.17) is 9.15 Å². The normalized spacial score (nSPS) is 19.9. The van der Waals surface area contributed by atoms with Crippen molar-refractivity contribution in [1.82, 2.24) is 10.3 Å². The average Bonchev–Trinajstić information content (AvgIpc) is 2.80. The monoisotopic (exact) mass is 224 g/mol. The molecule has 0 radical (unpaired) electrons. The predicted octanol–water partition coefficient (Wildman–Crippen LogP) is 2.24. The molecule has 1 saturated heterocycles. The van der Waals surface area contributed by atoms with E-state index in [2.05, 4.69) is 24.1 Å². The van der Waals surface area contributed by atoms with Crippen LogP contribution < -0.4 is 5.32 Å². The quantitative estimate of drug-likeness (QED) is 0.852. The standard InChI is InChI=1S/C12H20N2O2/c1-3-13-9(2)12-14-8-11(16-12)10-4-6-15-7-5-10/h8-10,13H,3-7H2,1-2H3. The lowest BCUT2D eigenvalue weighted by Crippen LogP contribution is -2.18. The first-order valence-electron chi connectivity index (χ1n) is 6.08. The van der Waals surface area contributed by atoms with Crippen LogP contribution in [0.1, 0.15) is 50.3 Å². The van der Waals surface area contributed by atoms with Gasteiger partial charge in [-0.1, -0.05) is 6.92 Å². The van der Waals surface area contributed by atoms with Gasteiger partial charge in [-0.2, -0.15) is 0 Å². The minimum Gasteiger partial charge on any atom is -0.444 e. The summed E-state index contributed by atoms with van der Waals surface area (Å²) in [6, 6.07) is 0.193. The summed E-state index contributed by atoms with van der Waals surface area (Å²) in [5, 5.41) is 3.30. The van der Waals surface area contributed by atoms with Crippen LogP contribution in [0.5, 0.6) is 0 Å². The highest BCUT2D eigenvalue weighted by atomic mass is 16.5. The van der Waals surface area contributed by atoms with Crippen LogP contribution in [0.3, 0.4) is 0 Å². The Morgan fingerprint density at radius 2 is 2.25 bits per heavy atom. The molecule has 1 N–H and O–H groups in total. The molecule has 0 amide bonds. The number of hydrogen-bond donors (Lipinski definition) is 1. The highest BCUT2D eigenvalue weighted by Gasteiger charge is 2.21. The van der Waals surface area contributed by atoms with E-state index < -0.39 is 0 Å². The van der Waals surface area contributed by atoms with Crippen molar-refractivity contribution in [2.75, 3.05) is 19.8 Å². The molecule has 16 heavy (non-hydrogen) atoms. The fraction of sp³-hybridized carbons (Fsp3) is 0.750. The van der Waals surface area contributed by atoms with E-state index in [9.17, 15) is 0 Å². The van der Waals surface area contributed by atoms with Gasteiger partial charge in [-0.3, -0.25) is 0 Å². The second kappa shape index (κ2) is 5.46. The Morgan fingerprint density at radius 3 is 2.94 bits per heavy atom. The summed E-state index contributed by atoms with van der Waals surface area (Å²) in [7, 11) is 0. The van der Waals surface area contributed by atoms with Crippen molar-refractivity contribution in [3.05, 3.63) is 17.8 Å². The minimum atomic E-state index is 0.193. The van der Waals surface area contributed by atoms with Crippen LogP contribution in [0, 0.1) is 0 Å². The van der Waals surface area contributed by atoms with E-state index in [1.54, 1.807) is 0 Å². The highest BCUT2D eigenvalue weighted by Crippen LogP contribution is 2.28. The van der Waals surface area contributed by atoms with Gasteiger partial charge in [-0.15, -0.1) is 0 Å². The molecule has 0 aromatic carbocycles. The van der Waals surface area contributed by atoms with Crippen molar-refractivity contribution in [2.45, 2.75) is 38.6 Å². The van der Waals surface area contributed by atoms with E-state index in [0.29, 0.717) is 5.92 Å². The van der Waals surface area contributed by atoms with Crippen LogP contribution in [-0.4, -0.2) is 24.7 Å². The zero-order chi connectivity index (χ0) is 11.4. The second-order valence-corrected chi connectivity index (χ2v) is 4.27. The van der Waals surface area contributed by atoms with Crippen molar-refractivity contribution >= 4 is 0 Å². The lowest BCUT2D eigenvalue weighted by Gasteiger charge is -2.19. The summed E-state index contributed by atoms with van der Waals surface area (Å²) in [6.45, 7) is 6.75. The molecular formula is C12H20N2O2.